The molecule has 0 atom stereocenters. The number of benzene rings is 1. The van der Waals surface area contributed by atoms with Crippen LogP contribution in [0.3, 0.4) is 0 Å². The number of likely N-dealkylation sites (N-methyl/N-ethyl adjacent to an activating group) is 1. The molecule has 1 aromatic carbocycles. The van der Waals surface area contributed by atoms with Gasteiger partial charge in [0.2, 0.25) is 0 Å². The third-order valence-electron chi connectivity index (χ3n) is 4.58. The Morgan fingerprint density at radius 2 is 2.21 bits per heavy atom. The lowest BCUT2D eigenvalue weighted by atomic mass is 10.0. The number of para-hydroxylation sites is 1. The molecule has 0 aliphatic carbocycles. The molecular formula is C20H21N3O4S. The fraction of sp³-hybridized carbons (Fsp3) is 0.350. The van der Waals surface area contributed by atoms with Crippen LogP contribution in [0.25, 0.3) is 10.2 Å². The van der Waals surface area contributed by atoms with Crippen molar-refractivity contribution in [3.8, 4) is 11.5 Å². The Balaban J connectivity index is 1.42. The highest BCUT2D eigenvalue weighted by molar-refractivity contribution is 7.17. The van der Waals surface area contributed by atoms with Crippen LogP contribution in [-0.4, -0.2) is 40.0 Å². The quantitative estimate of drug-likeness (QED) is 0.713. The number of ether oxygens (including phenoxy) is 2. The lowest BCUT2D eigenvalue weighted by Gasteiger charge is -2.19. The second-order valence-corrected chi connectivity index (χ2v) is 8.39. The normalized spacial score (nSPS) is 14.5. The van der Waals surface area contributed by atoms with Gasteiger partial charge in [0.05, 0.1) is 12.1 Å². The van der Waals surface area contributed by atoms with Crippen LogP contribution in [0.2, 0.25) is 0 Å². The molecular weight excluding hydrogens is 378 g/mol. The van der Waals surface area contributed by atoms with E-state index in [0.717, 1.165) is 12.0 Å². The highest BCUT2D eigenvalue weighted by Gasteiger charge is 2.32. The van der Waals surface area contributed by atoms with E-state index in [2.05, 4.69) is 9.97 Å². The van der Waals surface area contributed by atoms with Gasteiger partial charge in [0.15, 0.2) is 18.1 Å². The Bertz CT molecular complexity index is 1100. The monoisotopic (exact) mass is 399 g/mol. The average Bonchev–Trinajstić information content (AvgIpc) is 3.22. The Morgan fingerprint density at radius 3 is 3.04 bits per heavy atom. The molecule has 1 amide bonds. The van der Waals surface area contributed by atoms with E-state index in [1.165, 1.54) is 16.2 Å². The first-order chi connectivity index (χ1) is 13.3. The molecule has 1 aliphatic rings. The van der Waals surface area contributed by atoms with Gasteiger partial charge in [0, 0.05) is 19.0 Å². The molecule has 0 bridgehead atoms. The van der Waals surface area contributed by atoms with Gasteiger partial charge in [0.1, 0.15) is 16.1 Å². The number of hydrogen-bond donors (Lipinski definition) is 1. The van der Waals surface area contributed by atoms with Crippen LogP contribution in [-0.2, 0) is 17.8 Å². The number of aromatic nitrogens is 2. The van der Waals surface area contributed by atoms with Gasteiger partial charge < -0.3 is 19.4 Å². The van der Waals surface area contributed by atoms with Gasteiger partial charge in [-0.2, -0.15) is 0 Å². The fourth-order valence-electron chi connectivity index (χ4n) is 3.26. The predicted octanol–water partition coefficient (Wildman–Crippen LogP) is 2.74. The van der Waals surface area contributed by atoms with Gasteiger partial charge in [-0.1, -0.05) is 12.1 Å². The van der Waals surface area contributed by atoms with Crippen molar-refractivity contribution in [2.24, 2.45) is 0 Å². The summed E-state index contributed by atoms with van der Waals surface area (Å²) in [6.07, 6.45) is 0.803. The number of nitrogens with zero attached hydrogens (tertiary/aromatic N) is 2. The van der Waals surface area contributed by atoms with E-state index in [4.69, 9.17) is 9.47 Å². The van der Waals surface area contributed by atoms with Gasteiger partial charge >= 0.3 is 0 Å². The summed E-state index contributed by atoms with van der Waals surface area (Å²) in [4.78, 5) is 33.2. The number of amides is 1. The molecule has 4 rings (SSSR count). The minimum absolute atomic E-state index is 0.123. The van der Waals surface area contributed by atoms with E-state index in [-0.39, 0.29) is 30.2 Å². The molecule has 146 valence electrons. The second-order valence-electron chi connectivity index (χ2n) is 7.47. The van der Waals surface area contributed by atoms with E-state index in [9.17, 15) is 9.59 Å². The zero-order valence-electron chi connectivity index (χ0n) is 15.9. The Labute approximate surface area is 165 Å². The number of rotatable bonds is 5. The molecule has 3 aromatic rings. The Morgan fingerprint density at radius 1 is 1.39 bits per heavy atom. The lowest BCUT2D eigenvalue weighted by Crippen LogP contribution is -2.32. The summed E-state index contributed by atoms with van der Waals surface area (Å²) >= 11 is 1.34. The second kappa shape index (κ2) is 6.94. The van der Waals surface area contributed by atoms with Crippen molar-refractivity contribution < 1.29 is 14.3 Å². The van der Waals surface area contributed by atoms with Crippen molar-refractivity contribution in [2.45, 2.75) is 32.4 Å². The zero-order chi connectivity index (χ0) is 19.9. The Hall–Kier alpha value is -2.87. The number of carbonyl (C=O) groups is 1. The molecule has 0 saturated carbocycles. The minimum atomic E-state index is -0.277. The topological polar surface area (TPSA) is 84.5 Å². The molecule has 2 aromatic heterocycles. The maximum atomic E-state index is 12.5. The highest BCUT2D eigenvalue weighted by Crippen LogP contribution is 2.41. The summed E-state index contributed by atoms with van der Waals surface area (Å²) in [5.74, 6) is 1.49. The number of carbonyl (C=O) groups excluding carboxylic acids is 1. The van der Waals surface area contributed by atoms with Crippen molar-refractivity contribution in [1.29, 1.82) is 0 Å². The van der Waals surface area contributed by atoms with E-state index in [1.807, 2.05) is 31.4 Å². The first-order valence-corrected chi connectivity index (χ1v) is 9.84. The average molecular weight is 399 g/mol. The number of nitrogens with one attached hydrogen (secondary N) is 1. The number of fused-ring (bicyclic) bond motifs is 2. The molecule has 0 spiro atoms. The molecule has 1 N–H and O–H groups in total. The molecule has 7 nitrogen and oxygen atoms in total. The summed E-state index contributed by atoms with van der Waals surface area (Å²) in [7, 11) is 1.65. The maximum absolute atomic E-state index is 12.5. The van der Waals surface area contributed by atoms with Crippen molar-refractivity contribution >= 4 is 27.5 Å². The molecule has 28 heavy (non-hydrogen) atoms. The number of aromatic amines is 1. The van der Waals surface area contributed by atoms with Crippen LogP contribution in [0.5, 0.6) is 11.5 Å². The van der Waals surface area contributed by atoms with Crippen LogP contribution >= 0.6 is 11.3 Å². The van der Waals surface area contributed by atoms with Gasteiger partial charge in [0.25, 0.3) is 11.5 Å². The maximum Gasteiger partial charge on any atom is 0.268 e. The molecule has 1 aliphatic heterocycles. The number of hydrogen-bond acceptors (Lipinski definition) is 6. The summed E-state index contributed by atoms with van der Waals surface area (Å²) in [6, 6.07) is 7.50. The summed E-state index contributed by atoms with van der Waals surface area (Å²) in [6.45, 7) is 4.11. The largest absolute Gasteiger partial charge is 0.483 e. The van der Waals surface area contributed by atoms with E-state index in [0.29, 0.717) is 27.5 Å². The van der Waals surface area contributed by atoms with Crippen LogP contribution in [0, 0.1) is 0 Å². The van der Waals surface area contributed by atoms with Gasteiger partial charge in [-0.3, -0.25) is 9.59 Å². The van der Waals surface area contributed by atoms with Crippen LogP contribution in [0.1, 0.15) is 25.2 Å². The summed E-state index contributed by atoms with van der Waals surface area (Å²) in [5.41, 5.74) is 1.25. The van der Waals surface area contributed by atoms with Crippen molar-refractivity contribution in [2.75, 3.05) is 13.7 Å². The molecule has 0 radical (unpaired) electrons. The smallest absolute Gasteiger partial charge is 0.268 e. The third kappa shape index (κ3) is 3.60. The van der Waals surface area contributed by atoms with Gasteiger partial charge in [-0.05, 0) is 31.4 Å². The molecule has 0 unspecified atom stereocenters. The predicted molar refractivity (Wildman–Crippen MR) is 107 cm³/mol. The van der Waals surface area contributed by atoms with Gasteiger partial charge in [-0.25, -0.2) is 4.98 Å². The standard InChI is InChI=1S/C20H21N3O4S/c1-20(2)9-12-5-4-6-14(17(12)27-20)26-11-16(24)23(3)10-15-21-13-7-8-28-18(13)19(25)22-15/h4-8H,9-11H2,1-3H3,(H,21,22,25). The van der Waals surface area contributed by atoms with E-state index >= 15 is 0 Å². The van der Waals surface area contributed by atoms with E-state index in [1.54, 1.807) is 19.2 Å². The van der Waals surface area contributed by atoms with Crippen LogP contribution in [0.15, 0.2) is 34.4 Å². The van der Waals surface area contributed by atoms with E-state index < -0.39 is 0 Å². The lowest BCUT2D eigenvalue weighted by molar-refractivity contribution is -0.132. The first-order valence-electron chi connectivity index (χ1n) is 8.96. The zero-order valence-corrected chi connectivity index (χ0v) is 16.8. The van der Waals surface area contributed by atoms with Crippen molar-refractivity contribution in [1.82, 2.24) is 14.9 Å². The summed E-state index contributed by atoms with van der Waals surface area (Å²) in [5, 5.41) is 1.82. The number of H-pyrrole nitrogens is 1. The molecule has 0 fully saturated rings. The van der Waals surface area contributed by atoms with Gasteiger partial charge in [-0.15, -0.1) is 11.3 Å². The first kappa shape index (κ1) is 18.5. The third-order valence-corrected chi connectivity index (χ3v) is 5.49. The van der Waals surface area contributed by atoms with Crippen molar-refractivity contribution in [3.63, 3.8) is 0 Å². The molecule has 3 heterocycles. The number of thiophene rings is 1. The minimum Gasteiger partial charge on any atom is -0.483 e. The summed E-state index contributed by atoms with van der Waals surface area (Å²) < 4.78 is 12.3. The van der Waals surface area contributed by atoms with Crippen LogP contribution in [0.4, 0.5) is 0 Å². The van der Waals surface area contributed by atoms with Crippen LogP contribution < -0.4 is 15.0 Å². The molecule has 0 saturated heterocycles. The molecule has 8 heteroatoms. The Kier molecular flexibility index (Phi) is 4.58. The fourth-order valence-corrected chi connectivity index (χ4v) is 3.99. The van der Waals surface area contributed by atoms with Crippen molar-refractivity contribution in [3.05, 3.63) is 51.4 Å². The SMILES string of the molecule is CN(Cc1nc2ccsc2c(=O)[nH]1)C(=O)COc1cccc2c1OC(C)(C)C2. The highest BCUT2D eigenvalue weighted by atomic mass is 32.1.